The average Bonchev–Trinajstić information content (AvgIpc) is 2.68. The van der Waals surface area contributed by atoms with Gasteiger partial charge in [0, 0.05) is 11.1 Å². The molecule has 0 aliphatic carbocycles. The highest BCUT2D eigenvalue weighted by atomic mass is 32.1. The van der Waals surface area contributed by atoms with E-state index in [1.54, 1.807) is 11.3 Å². The Morgan fingerprint density at radius 1 is 1.06 bits per heavy atom. The monoisotopic (exact) mass is 240 g/mol. The molecule has 0 aliphatic heterocycles. The van der Waals surface area contributed by atoms with Crippen molar-refractivity contribution in [1.29, 1.82) is 0 Å². The molecule has 0 bridgehead atoms. The summed E-state index contributed by atoms with van der Waals surface area (Å²) in [7, 11) is 0. The van der Waals surface area contributed by atoms with Gasteiger partial charge in [-0.05, 0) is 12.8 Å². The molecule has 1 aromatic rings. The molecule has 1 heterocycles. The summed E-state index contributed by atoms with van der Waals surface area (Å²) in [6.07, 6.45) is 14.1. The molecule has 0 amide bonds. The van der Waals surface area contributed by atoms with Crippen LogP contribution in [0.2, 0.25) is 0 Å². The van der Waals surface area contributed by atoms with Crippen LogP contribution in [0.25, 0.3) is 0 Å². The Hall–Kier alpha value is -0.570. The fraction of sp³-hybridized carbons (Fsp3) is 0.769. The van der Waals surface area contributed by atoms with Gasteiger partial charge in [-0.3, -0.25) is 0 Å². The average molecular weight is 240 g/mol. The van der Waals surface area contributed by atoms with Crippen molar-refractivity contribution in [3.05, 3.63) is 11.1 Å². The fourth-order valence-electron chi connectivity index (χ4n) is 1.87. The highest BCUT2D eigenvalue weighted by Gasteiger charge is 1.98. The van der Waals surface area contributed by atoms with Crippen molar-refractivity contribution >= 4 is 16.5 Å². The number of aryl methyl sites for hydroxylation is 1. The standard InChI is InChI=1S/C13H24N2S/c1-2-3-4-5-6-7-8-9-10-12-11-15-13(14)16-12/h11H,2-10H2,1H3,(H2,14,15). The van der Waals surface area contributed by atoms with Gasteiger partial charge in [-0.2, -0.15) is 0 Å². The smallest absolute Gasteiger partial charge is 0.180 e. The van der Waals surface area contributed by atoms with Gasteiger partial charge in [-0.15, -0.1) is 11.3 Å². The third-order valence-corrected chi connectivity index (χ3v) is 3.73. The van der Waals surface area contributed by atoms with Crippen LogP contribution in [0, 0.1) is 0 Å². The van der Waals surface area contributed by atoms with Crippen LogP contribution < -0.4 is 5.73 Å². The van der Waals surface area contributed by atoms with E-state index in [2.05, 4.69) is 11.9 Å². The molecular formula is C13H24N2S. The van der Waals surface area contributed by atoms with Gasteiger partial charge in [0.2, 0.25) is 0 Å². The summed E-state index contributed by atoms with van der Waals surface area (Å²) in [6, 6.07) is 0. The van der Waals surface area contributed by atoms with E-state index in [0.717, 1.165) is 6.42 Å². The molecule has 0 atom stereocenters. The predicted molar refractivity (Wildman–Crippen MR) is 72.8 cm³/mol. The molecule has 1 aromatic heterocycles. The van der Waals surface area contributed by atoms with Crippen molar-refractivity contribution in [3.8, 4) is 0 Å². The van der Waals surface area contributed by atoms with Gasteiger partial charge in [-0.1, -0.05) is 51.9 Å². The molecule has 0 unspecified atom stereocenters. The third-order valence-electron chi connectivity index (χ3n) is 2.85. The van der Waals surface area contributed by atoms with E-state index in [0.29, 0.717) is 5.13 Å². The molecule has 0 aliphatic rings. The van der Waals surface area contributed by atoms with Gasteiger partial charge in [0.05, 0.1) is 0 Å². The van der Waals surface area contributed by atoms with E-state index in [4.69, 9.17) is 5.73 Å². The predicted octanol–water partition coefficient (Wildman–Crippen LogP) is 4.41. The Morgan fingerprint density at radius 2 is 1.69 bits per heavy atom. The van der Waals surface area contributed by atoms with Gasteiger partial charge in [0.15, 0.2) is 5.13 Å². The molecule has 0 radical (unpaired) electrons. The minimum atomic E-state index is 0.703. The van der Waals surface area contributed by atoms with Crippen LogP contribution in [0.15, 0.2) is 6.20 Å². The summed E-state index contributed by atoms with van der Waals surface area (Å²) in [5, 5.41) is 0.703. The topological polar surface area (TPSA) is 38.9 Å². The number of nitrogens with zero attached hydrogens (tertiary/aromatic N) is 1. The van der Waals surface area contributed by atoms with Crippen LogP contribution >= 0.6 is 11.3 Å². The van der Waals surface area contributed by atoms with Gasteiger partial charge in [-0.25, -0.2) is 4.98 Å². The Balaban J connectivity index is 1.88. The number of nitrogen functional groups attached to an aromatic ring is 1. The van der Waals surface area contributed by atoms with Crippen molar-refractivity contribution in [2.75, 3.05) is 5.73 Å². The first-order chi connectivity index (χ1) is 7.83. The molecule has 0 spiro atoms. The van der Waals surface area contributed by atoms with Crippen molar-refractivity contribution in [2.24, 2.45) is 0 Å². The van der Waals surface area contributed by atoms with E-state index in [1.165, 1.54) is 56.2 Å². The number of thiazole rings is 1. The maximum atomic E-state index is 5.58. The molecule has 0 aromatic carbocycles. The maximum Gasteiger partial charge on any atom is 0.180 e. The lowest BCUT2D eigenvalue weighted by atomic mass is 10.1. The Kier molecular flexibility index (Phi) is 7.23. The van der Waals surface area contributed by atoms with E-state index >= 15 is 0 Å². The highest BCUT2D eigenvalue weighted by Crippen LogP contribution is 2.17. The summed E-state index contributed by atoms with van der Waals surface area (Å²) < 4.78 is 0. The van der Waals surface area contributed by atoms with E-state index in [-0.39, 0.29) is 0 Å². The number of aromatic nitrogens is 1. The highest BCUT2D eigenvalue weighted by molar-refractivity contribution is 7.15. The Bertz CT molecular complexity index is 271. The first-order valence-electron chi connectivity index (χ1n) is 6.53. The molecule has 2 nitrogen and oxygen atoms in total. The number of rotatable bonds is 9. The number of nitrogens with two attached hydrogens (primary N) is 1. The second kappa shape index (κ2) is 8.57. The zero-order valence-corrected chi connectivity index (χ0v) is 11.2. The van der Waals surface area contributed by atoms with E-state index in [9.17, 15) is 0 Å². The molecule has 1 rings (SSSR count). The number of hydrogen-bond donors (Lipinski definition) is 1. The minimum Gasteiger partial charge on any atom is -0.375 e. The first kappa shape index (κ1) is 13.5. The first-order valence-corrected chi connectivity index (χ1v) is 7.34. The Labute approximate surface area is 103 Å². The molecule has 0 fully saturated rings. The lowest BCUT2D eigenvalue weighted by Crippen LogP contribution is -1.83. The van der Waals surface area contributed by atoms with Crippen molar-refractivity contribution < 1.29 is 0 Å². The fourth-order valence-corrected chi connectivity index (χ4v) is 2.60. The zero-order chi connectivity index (χ0) is 11.6. The minimum absolute atomic E-state index is 0.703. The van der Waals surface area contributed by atoms with Crippen LogP contribution in [-0.4, -0.2) is 4.98 Å². The van der Waals surface area contributed by atoms with E-state index in [1.807, 2.05) is 6.20 Å². The maximum absolute atomic E-state index is 5.58. The summed E-state index contributed by atoms with van der Waals surface area (Å²) in [6.45, 7) is 2.26. The summed E-state index contributed by atoms with van der Waals surface area (Å²) in [4.78, 5) is 5.40. The van der Waals surface area contributed by atoms with Crippen LogP contribution in [0.1, 0.15) is 63.2 Å². The summed E-state index contributed by atoms with van der Waals surface area (Å²) >= 11 is 1.63. The largest absolute Gasteiger partial charge is 0.375 e. The lowest BCUT2D eigenvalue weighted by molar-refractivity contribution is 0.576. The van der Waals surface area contributed by atoms with Crippen LogP contribution in [0.4, 0.5) is 5.13 Å². The third kappa shape index (κ3) is 6.11. The molecular weight excluding hydrogens is 216 g/mol. The quantitative estimate of drug-likeness (QED) is 0.649. The van der Waals surface area contributed by atoms with Crippen LogP contribution in [0.5, 0.6) is 0 Å². The van der Waals surface area contributed by atoms with Crippen molar-refractivity contribution in [2.45, 2.75) is 64.7 Å². The second-order valence-electron chi connectivity index (χ2n) is 4.39. The molecule has 3 heteroatoms. The van der Waals surface area contributed by atoms with Gasteiger partial charge in [0.25, 0.3) is 0 Å². The molecule has 92 valence electrons. The van der Waals surface area contributed by atoms with Gasteiger partial charge >= 0.3 is 0 Å². The SMILES string of the molecule is CCCCCCCCCCc1cnc(N)s1. The molecule has 0 saturated carbocycles. The zero-order valence-electron chi connectivity index (χ0n) is 10.4. The van der Waals surface area contributed by atoms with Gasteiger partial charge < -0.3 is 5.73 Å². The van der Waals surface area contributed by atoms with Crippen molar-refractivity contribution in [3.63, 3.8) is 0 Å². The van der Waals surface area contributed by atoms with Gasteiger partial charge in [0.1, 0.15) is 0 Å². The van der Waals surface area contributed by atoms with Crippen LogP contribution in [-0.2, 0) is 6.42 Å². The molecule has 16 heavy (non-hydrogen) atoms. The summed E-state index contributed by atoms with van der Waals surface area (Å²) in [5.41, 5.74) is 5.58. The lowest BCUT2D eigenvalue weighted by Gasteiger charge is -2.00. The molecule has 2 N–H and O–H groups in total. The Morgan fingerprint density at radius 3 is 2.25 bits per heavy atom. The normalized spacial score (nSPS) is 10.8. The number of anilines is 1. The number of unbranched alkanes of at least 4 members (excludes halogenated alkanes) is 7. The molecule has 0 saturated heterocycles. The van der Waals surface area contributed by atoms with E-state index < -0.39 is 0 Å². The second-order valence-corrected chi connectivity index (χ2v) is 5.54. The van der Waals surface area contributed by atoms with Crippen LogP contribution in [0.3, 0.4) is 0 Å². The number of hydrogen-bond acceptors (Lipinski definition) is 3. The summed E-state index contributed by atoms with van der Waals surface area (Å²) in [5.74, 6) is 0. The van der Waals surface area contributed by atoms with Crippen molar-refractivity contribution in [1.82, 2.24) is 4.98 Å².